The van der Waals surface area contributed by atoms with Crippen LogP contribution in [0, 0.1) is 0 Å². The van der Waals surface area contributed by atoms with Crippen molar-refractivity contribution in [1.82, 2.24) is 5.32 Å². The van der Waals surface area contributed by atoms with Crippen molar-refractivity contribution in [2.45, 2.75) is 6.42 Å². The Labute approximate surface area is 190 Å². The van der Waals surface area contributed by atoms with E-state index >= 15 is 0 Å². The molecule has 0 unspecified atom stereocenters. The lowest BCUT2D eigenvalue weighted by atomic mass is 9.93. The second-order valence-corrected chi connectivity index (χ2v) is 7.42. The number of halogens is 1. The monoisotopic (exact) mass is 453 g/mol. The molecule has 0 radical (unpaired) electrons. The average molecular weight is 454 g/mol. The highest BCUT2D eigenvalue weighted by molar-refractivity contribution is 7.80. The Balaban J connectivity index is 1.98. The van der Waals surface area contributed by atoms with Crippen molar-refractivity contribution in [3.63, 3.8) is 0 Å². The summed E-state index contributed by atoms with van der Waals surface area (Å²) in [7, 11) is 1.25. The van der Waals surface area contributed by atoms with Gasteiger partial charge in [-0.3, -0.25) is 10.1 Å². The van der Waals surface area contributed by atoms with Gasteiger partial charge in [0.25, 0.3) is 0 Å². The highest BCUT2D eigenvalue weighted by atomic mass is 35.5. The first-order chi connectivity index (χ1) is 14.9. The highest BCUT2D eigenvalue weighted by Gasteiger charge is 2.16. The Kier molecular flexibility index (Phi) is 7.23. The number of thiocarbonyl (C=S) groups is 1. The standard InChI is InChI=1S/C23H20ClN3O3S/c1-30-23(29)27-22(31)26-17-10-11-18(21(28)14-6-3-2-4-7-14)16(13-17)12-15-8-5-9-19(25)20(15)24/h2-11,13H,12,25H2,1H3,(H2,26,27,29,31). The largest absolute Gasteiger partial charge is 0.453 e. The maximum atomic E-state index is 13.1. The summed E-state index contributed by atoms with van der Waals surface area (Å²) in [6, 6.07) is 19.6. The quantitative estimate of drug-likeness (QED) is 0.292. The van der Waals surface area contributed by atoms with Crippen LogP contribution in [0.3, 0.4) is 0 Å². The Morgan fingerprint density at radius 1 is 1.03 bits per heavy atom. The zero-order valence-corrected chi connectivity index (χ0v) is 18.2. The van der Waals surface area contributed by atoms with Crippen molar-refractivity contribution in [1.29, 1.82) is 0 Å². The van der Waals surface area contributed by atoms with Gasteiger partial charge in [-0.2, -0.15) is 0 Å². The summed E-state index contributed by atoms with van der Waals surface area (Å²) in [6.07, 6.45) is -0.301. The van der Waals surface area contributed by atoms with Gasteiger partial charge in [-0.05, 0) is 54.0 Å². The van der Waals surface area contributed by atoms with Gasteiger partial charge in [-0.1, -0.05) is 54.1 Å². The van der Waals surface area contributed by atoms with Crippen LogP contribution in [-0.4, -0.2) is 24.1 Å². The minimum atomic E-state index is -0.680. The highest BCUT2D eigenvalue weighted by Crippen LogP contribution is 2.28. The maximum Gasteiger partial charge on any atom is 0.413 e. The number of ether oxygens (including phenoxy) is 1. The predicted molar refractivity (Wildman–Crippen MR) is 127 cm³/mol. The van der Waals surface area contributed by atoms with Gasteiger partial charge in [0, 0.05) is 16.8 Å². The van der Waals surface area contributed by atoms with Crippen LogP contribution in [0.15, 0.2) is 66.7 Å². The van der Waals surface area contributed by atoms with Crippen LogP contribution in [0.1, 0.15) is 27.0 Å². The Bertz CT molecular complexity index is 1140. The number of amides is 1. The molecule has 3 aromatic rings. The number of anilines is 2. The molecule has 3 aromatic carbocycles. The van der Waals surface area contributed by atoms with E-state index in [4.69, 9.17) is 29.6 Å². The summed E-state index contributed by atoms with van der Waals surface area (Å²) < 4.78 is 4.54. The van der Waals surface area contributed by atoms with Crippen LogP contribution < -0.4 is 16.4 Å². The molecule has 8 heteroatoms. The Hall–Kier alpha value is -3.42. The van der Waals surface area contributed by atoms with Crippen molar-refractivity contribution >= 4 is 52.2 Å². The lowest BCUT2D eigenvalue weighted by Gasteiger charge is -2.15. The average Bonchev–Trinajstić information content (AvgIpc) is 2.77. The number of carbonyl (C=O) groups is 2. The molecule has 0 atom stereocenters. The second-order valence-electron chi connectivity index (χ2n) is 6.63. The first-order valence-electron chi connectivity index (χ1n) is 9.30. The van der Waals surface area contributed by atoms with E-state index in [1.54, 1.807) is 36.4 Å². The third kappa shape index (κ3) is 5.59. The number of nitrogens with two attached hydrogens (primary N) is 1. The zero-order chi connectivity index (χ0) is 22.4. The summed E-state index contributed by atoms with van der Waals surface area (Å²) in [4.78, 5) is 24.5. The molecule has 0 fully saturated rings. The summed E-state index contributed by atoms with van der Waals surface area (Å²) >= 11 is 11.5. The van der Waals surface area contributed by atoms with Crippen LogP contribution in [0.5, 0.6) is 0 Å². The summed E-state index contributed by atoms with van der Waals surface area (Å²) in [5.74, 6) is -0.113. The fourth-order valence-corrected chi connectivity index (χ4v) is 3.43. The van der Waals surface area contributed by atoms with Crippen LogP contribution >= 0.6 is 23.8 Å². The maximum absolute atomic E-state index is 13.1. The van der Waals surface area contributed by atoms with Crippen LogP contribution in [-0.2, 0) is 11.2 Å². The van der Waals surface area contributed by atoms with Gasteiger partial charge in [0.05, 0.1) is 17.8 Å². The number of alkyl carbamates (subject to hydrolysis) is 1. The first-order valence-corrected chi connectivity index (χ1v) is 10.1. The van der Waals surface area contributed by atoms with Gasteiger partial charge in [-0.15, -0.1) is 0 Å². The molecule has 0 aliphatic carbocycles. The molecule has 0 saturated heterocycles. The molecule has 31 heavy (non-hydrogen) atoms. The summed E-state index contributed by atoms with van der Waals surface area (Å²) in [5.41, 5.74) is 9.62. The van der Waals surface area contributed by atoms with E-state index in [1.807, 2.05) is 30.3 Å². The van der Waals surface area contributed by atoms with Gasteiger partial charge in [0.1, 0.15) is 0 Å². The fourth-order valence-electron chi connectivity index (χ4n) is 3.03. The molecule has 0 heterocycles. The number of methoxy groups -OCH3 is 1. The van der Waals surface area contributed by atoms with Crippen molar-refractivity contribution < 1.29 is 14.3 Å². The summed E-state index contributed by atoms with van der Waals surface area (Å²) in [5, 5.41) is 5.81. The molecule has 1 amide bonds. The number of benzene rings is 3. The van der Waals surface area contributed by atoms with Crippen LogP contribution in [0.4, 0.5) is 16.2 Å². The first kappa shape index (κ1) is 22.3. The van der Waals surface area contributed by atoms with Gasteiger partial charge < -0.3 is 15.8 Å². The summed E-state index contributed by atoms with van der Waals surface area (Å²) in [6.45, 7) is 0. The molecule has 0 spiro atoms. The molecule has 0 aliphatic heterocycles. The molecule has 158 valence electrons. The van der Waals surface area contributed by atoms with Crippen LogP contribution in [0.2, 0.25) is 5.02 Å². The Morgan fingerprint density at radius 3 is 2.48 bits per heavy atom. The van der Waals surface area contributed by atoms with E-state index in [0.717, 1.165) is 11.1 Å². The molecule has 0 bridgehead atoms. The molecular weight excluding hydrogens is 434 g/mol. The van der Waals surface area contributed by atoms with E-state index in [2.05, 4.69) is 15.4 Å². The normalized spacial score (nSPS) is 10.3. The molecule has 6 nitrogen and oxygen atoms in total. The zero-order valence-electron chi connectivity index (χ0n) is 16.6. The second kappa shape index (κ2) is 10.1. The number of carbonyl (C=O) groups excluding carboxylic acids is 2. The van der Waals surface area contributed by atoms with Gasteiger partial charge in [0.15, 0.2) is 10.9 Å². The molecule has 3 rings (SSSR count). The number of nitrogen functional groups attached to an aromatic ring is 1. The van der Waals surface area contributed by atoms with Crippen LogP contribution in [0.25, 0.3) is 0 Å². The van der Waals surface area contributed by atoms with E-state index in [9.17, 15) is 9.59 Å². The van der Waals surface area contributed by atoms with Gasteiger partial charge in [-0.25, -0.2) is 4.79 Å². The van der Waals surface area contributed by atoms with Gasteiger partial charge in [0.2, 0.25) is 0 Å². The van der Waals surface area contributed by atoms with Gasteiger partial charge >= 0.3 is 6.09 Å². The smallest absolute Gasteiger partial charge is 0.413 e. The van der Waals surface area contributed by atoms with Crippen molar-refractivity contribution in [2.75, 3.05) is 18.2 Å². The molecule has 0 aromatic heterocycles. The molecule has 0 aliphatic rings. The molecular formula is C23H20ClN3O3S. The van der Waals surface area contributed by atoms with E-state index in [0.29, 0.717) is 33.9 Å². The fraction of sp³-hybridized carbons (Fsp3) is 0.0870. The topological polar surface area (TPSA) is 93.5 Å². The lowest BCUT2D eigenvalue weighted by Crippen LogP contribution is -2.33. The number of hydrogen-bond acceptors (Lipinski definition) is 5. The minimum absolute atomic E-state index is 0.0712. The Morgan fingerprint density at radius 2 is 1.77 bits per heavy atom. The minimum Gasteiger partial charge on any atom is -0.453 e. The van der Waals surface area contributed by atoms with Crippen molar-refractivity contribution in [3.05, 3.63) is 94.0 Å². The molecule has 4 N–H and O–H groups in total. The number of rotatable bonds is 5. The van der Waals surface area contributed by atoms with E-state index < -0.39 is 6.09 Å². The predicted octanol–water partition coefficient (Wildman–Crippen LogP) is 4.80. The number of nitrogens with one attached hydrogen (secondary N) is 2. The lowest BCUT2D eigenvalue weighted by molar-refractivity contribution is 0.103. The van der Waals surface area contributed by atoms with E-state index in [-0.39, 0.29) is 10.9 Å². The SMILES string of the molecule is COC(=O)NC(=S)Nc1ccc(C(=O)c2ccccc2)c(Cc2cccc(N)c2Cl)c1. The van der Waals surface area contributed by atoms with Crippen molar-refractivity contribution in [2.24, 2.45) is 0 Å². The van der Waals surface area contributed by atoms with Crippen molar-refractivity contribution in [3.8, 4) is 0 Å². The van der Waals surface area contributed by atoms with E-state index in [1.165, 1.54) is 7.11 Å². The number of ketones is 1. The molecule has 0 saturated carbocycles. The third-order valence-electron chi connectivity index (χ3n) is 4.53. The number of hydrogen-bond donors (Lipinski definition) is 3. The third-order valence-corrected chi connectivity index (χ3v) is 5.20.